The summed E-state index contributed by atoms with van der Waals surface area (Å²) in [6.45, 7) is 4.06. The number of nitrogens with zero attached hydrogens (tertiary/aromatic N) is 1. The molecule has 15 heavy (non-hydrogen) atoms. The highest BCUT2D eigenvalue weighted by Gasteiger charge is 1.93. The highest BCUT2D eigenvalue weighted by molar-refractivity contribution is 7.98. The summed E-state index contributed by atoms with van der Waals surface area (Å²) in [5.74, 6) is 1.27. The van der Waals surface area contributed by atoms with Crippen molar-refractivity contribution in [2.24, 2.45) is 0 Å². The summed E-state index contributed by atoms with van der Waals surface area (Å²) in [4.78, 5) is 4.26. The van der Waals surface area contributed by atoms with E-state index in [-0.39, 0.29) is 0 Å². The number of aryl methyl sites for hydroxylation is 1. The van der Waals surface area contributed by atoms with Crippen LogP contribution in [0.15, 0.2) is 18.3 Å². The molecular formula is C12H20N2S. The third-order valence-corrected chi connectivity index (χ3v) is 2.95. The molecule has 1 rings (SSSR count). The normalized spacial score (nSPS) is 10.5. The quantitative estimate of drug-likeness (QED) is 0.721. The van der Waals surface area contributed by atoms with Crippen LogP contribution >= 0.6 is 11.8 Å². The molecular weight excluding hydrogens is 204 g/mol. The van der Waals surface area contributed by atoms with Crippen LogP contribution in [0.25, 0.3) is 0 Å². The Balaban J connectivity index is 2.07. The van der Waals surface area contributed by atoms with Gasteiger partial charge in [-0.2, -0.15) is 11.8 Å². The van der Waals surface area contributed by atoms with E-state index in [1.54, 1.807) is 0 Å². The van der Waals surface area contributed by atoms with Gasteiger partial charge in [-0.3, -0.25) is 4.98 Å². The van der Waals surface area contributed by atoms with Crippen LogP contribution in [0.3, 0.4) is 0 Å². The molecule has 0 spiro atoms. The molecule has 0 aliphatic rings. The summed E-state index contributed by atoms with van der Waals surface area (Å²) in [7, 11) is 0. The summed E-state index contributed by atoms with van der Waals surface area (Å²) < 4.78 is 0. The number of unbranched alkanes of at least 4 members (excludes halogenated alkanes) is 1. The van der Waals surface area contributed by atoms with Crippen LogP contribution in [0.2, 0.25) is 0 Å². The van der Waals surface area contributed by atoms with E-state index in [0.717, 1.165) is 18.8 Å². The topological polar surface area (TPSA) is 24.9 Å². The fourth-order valence-corrected chi connectivity index (χ4v) is 1.82. The largest absolute Gasteiger partial charge is 0.313 e. The molecule has 0 aliphatic heterocycles. The Hall–Kier alpha value is -0.540. The Morgan fingerprint density at radius 1 is 1.33 bits per heavy atom. The molecule has 0 bridgehead atoms. The molecule has 0 fully saturated rings. The number of rotatable bonds is 7. The first-order chi connectivity index (χ1) is 7.33. The Kier molecular flexibility index (Phi) is 6.44. The average molecular weight is 224 g/mol. The van der Waals surface area contributed by atoms with Crippen LogP contribution in [-0.4, -0.2) is 23.5 Å². The van der Waals surface area contributed by atoms with Crippen molar-refractivity contribution in [3.05, 3.63) is 29.6 Å². The van der Waals surface area contributed by atoms with Crippen LogP contribution in [0.4, 0.5) is 0 Å². The summed E-state index contributed by atoms with van der Waals surface area (Å²) in [6, 6.07) is 4.20. The molecule has 1 N–H and O–H groups in total. The van der Waals surface area contributed by atoms with Crippen LogP contribution in [-0.2, 0) is 6.54 Å². The zero-order valence-electron chi connectivity index (χ0n) is 9.62. The van der Waals surface area contributed by atoms with Crippen LogP contribution in [0.1, 0.15) is 24.1 Å². The first kappa shape index (κ1) is 12.5. The van der Waals surface area contributed by atoms with Gasteiger partial charge in [0.25, 0.3) is 0 Å². The Morgan fingerprint density at radius 2 is 2.20 bits per heavy atom. The minimum Gasteiger partial charge on any atom is -0.313 e. The van der Waals surface area contributed by atoms with Crippen molar-refractivity contribution in [3.8, 4) is 0 Å². The zero-order chi connectivity index (χ0) is 10.9. The Bertz CT molecular complexity index is 259. The van der Waals surface area contributed by atoms with Crippen LogP contribution in [0.5, 0.6) is 0 Å². The molecule has 0 unspecified atom stereocenters. The van der Waals surface area contributed by atoms with Crippen molar-refractivity contribution in [3.63, 3.8) is 0 Å². The van der Waals surface area contributed by atoms with E-state index in [1.165, 1.54) is 24.2 Å². The maximum Gasteiger partial charge on any atom is 0.0372 e. The third-order valence-electron chi connectivity index (χ3n) is 2.25. The Labute approximate surface area is 96.9 Å². The van der Waals surface area contributed by atoms with E-state index in [9.17, 15) is 0 Å². The lowest BCUT2D eigenvalue weighted by molar-refractivity contribution is 0.642. The number of hydrogen-bond donors (Lipinski definition) is 1. The molecule has 3 heteroatoms. The van der Waals surface area contributed by atoms with Crippen molar-refractivity contribution >= 4 is 11.8 Å². The van der Waals surface area contributed by atoms with E-state index in [4.69, 9.17) is 0 Å². The number of hydrogen-bond acceptors (Lipinski definition) is 3. The number of aromatic nitrogens is 1. The Morgan fingerprint density at radius 3 is 2.87 bits per heavy atom. The van der Waals surface area contributed by atoms with Crippen molar-refractivity contribution < 1.29 is 0 Å². The zero-order valence-corrected chi connectivity index (χ0v) is 10.4. The molecule has 84 valence electrons. The number of nitrogens with one attached hydrogen (secondary N) is 1. The molecule has 0 saturated heterocycles. The van der Waals surface area contributed by atoms with Gasteiger partial charge in [0, 0.05) is 18.4 Å². The minimum absolute atomic E-state index is 0.937. The molecule has 0 amide bonds. The van der Waals surface area contributed by atoms with Crippen molar-refractivity contribution in [1.29, 1.82) is 0 Å². The van der Waals surface area contributed by atoms with E-state index in [0.29, 0.717) is 0 Å². The first-order valence-corrected chi connectivity index (χ1v) is 6.83. The summed E-state index contributed by atoms with van der Waals surface area (Å²) in [5, 5.41) is 3.43. The van der Waals surface area contributed by atoms with Gasteiger partial charge in [0.05, 0.1) is 0 Å². The van der Waals surface area contributed by atoms with Gasteiger partial charge in [0.15, 0.2) is 0 Å². The highest BCUT2D eigenvalue weighted by atomic mass is 32.2. The molecule has 0 aliphatic carbocycles. The lowest BCUT2D eigenvalue weighted by Gasteiger charge is -2.04. The van der Waals surface area contributed by atoms with Gasteiger partial charge < -0.3 is 5.32 Å². The van der Waals surface area contributed by atoms with Gasteiger partial charge in [-0.1, -0.05) is 6.07 Å². The monoisotopic (exact) mass is 224 g/mol. The smallest absolute Gasteiger partial charge is 0.0372 e. The predicted octanol–water partition coefficient (Wildman–Crippen LogP) is 2.62. The molecule has 1 aromatic rings. The van der Waals surface area contributed by atoms with Crippen molar-refractivity contribution in [1.82, 2.24) is 10.3 Å². The predicted molar refractivity (Wildman–Crippen MR) is 68.3 cm³/mol. The molecule has 1 heterocycles. The lowest BCUT2D eigenvalue weighted by Crippen LogP contribution is -2.14. The number of thioether (sulfide) groups is 1. The molecule has 1 aromatic heterocycles. The van der Waals surface area contributed by atoms with E-state index < -0.39 is 0 Å². The number of pyridine rings is 1. The maximum absolute atomic E-state index is 4.26. The molecule has 0 saturated carbocycles. The molecule has 0 atom stereocenters. The lowest BCUT2D eigenvalue weighted by atomic mass is 10.2. The standard InChI is InChI=1S/C12H20N2S/c1-11-5-6-12(10-14-11)9-13-7-3-4-8-15-2/h5-6,10,13H,3-4,7-9H2,1-2H3. The van der Waals surface area contributed by atoms with Crippen LogP contribution in [0, 0.1) is 6.92 Å². The van der Waals surface area contributed by atoms with Crippen molar-refractivity contribution in [2.45, 2.75) is 26.3 Å². The van der Waals surface area contributed by atoms with E-state index in [2.05, 4.69) is 28.7 Å². The van der Waals surface area contributed by atoms with Crippen LogP contribution < -0.4 is 5.32 Å². The summed E-state index contributed by atoms with van der Waals surface area (Å²) >= 11 is 1.92. The van der Waals surface area contributed by atoms with Gasteiger partial charge >= 0.3 is 0 Å². The molecule has 0 radical (unpaired) electrons. The van der Waals surface area contributed by atoms with Crippen molar-refractivity contribution in [2.75, 3.05) is 18.6 Å². The second-order valence-corrected chi connectivity index (χ2v) is 4.67. The summed E-state index contributed by atoms with van der Waals surface area (Å²) in [5.41, 5.74) is 2.35. The second kappa shape index (κ2) is 7.71. The third kappa shape index (κ3) is 5.80. The van der Waals surface area contributed by atoms with Gasteiger partial charge in [0.2, 0.25) is 0 Å². The maximum atomic E-state index is 4.26. The van der Waals surface area contributed by atoms with Gasteiger partial charge in [-0.05, 0) is 49.9 Å². The average Bonchev–Trinajstić information content (AvgIpc) is 2.26. The molecule has 2 nitrogen and oxygen atoms in total. The SMILES string of the molecule is CSCCCCNCc1ccc(C)nc1. The van der Waals surface area contributed by atoms with E-state index >= 15 is 0 Å². The summed E-state index contributed by atoms with van der Waals surface area (Å²) in [6.07, 6.45) is 6.68. The van der Waals surface area contributed by atoms with Gasteiger partial charge in [-0.25, -0.2) is 0 Å². The fraction of sp³-hybridized carbons (Fsp3) is 0.583. The fourth-order valence-electron chi connectivity index (χ4n) is 1.33. The first-order valence-electron chi connectivity index (χ1n) is 5.44. The van der Waals surface area contributed by atoms with Gasteiger partial charge in [0.1, 0.15) is 0 Å². The minimum atomic E-state index is 0.937. The molecule has 0 aromatic carbocycles. The second-order valence-electron chi connectivity index (χ2n) is 3.68. The van der Waals surface area contributed by atoms with E-state index in [1.807, 2.05) is 24.9 Å². The highest BCUT2D eigenvalue weighted by Crippen LogP contribution is 2.00. The van der Waals surface area contributed by atoms with Gasteiger partial charge in [-0.15, -0.1) is 0 Å².